The molecule has 1 aromatic rings. The van der Waals surface area contributed by atoms with Crippen molar-refractivity contribution in [3.8, 4) is 5.75 Å². The van der Waals surface area contributed by atoms with Gasteiger partial charge in [-0.3, -0.25) is 5.32 Å². The molecule has 0 saturated carbocycles. The van der Waals surface area contributed by atoms with E-state index >= 15 is 0 Å². The average molecular weight is 280 g/mol. The van der Waals surface area contributed by atoms with Crippen molar-refractivity contribution >= 4 is 12.0 Å². The fourth-order valence-corrected chi connectivity index (χ4v) is 1.76. The largest absolute Gasteiger partial charge is 0.486 e. The maximum Gasteiger partial charge on any atom is 0.414 e. The fraction of sp³-hybridized carbons (Fsp3) is 0.615. The zero-order valence-electron chi connectivity index (χ0n) is 12.0. The SMILES string of the molecule is CC(C)(C)OC(=O)Nc1ncc(OC2CCNC2)cn1. The van der Waals surface area contributed by atoms with Crippen LogP contribution in [0.3, 0.4) is 0 Å². The van der Waals surface area contributed by atoms with Gasteiger partial charge in [0.1, 0.15) is 11.7 Å². The van der Waals surface area contributed by atoms with Crippen LogP contribution >= 0.6 is 0 Å². The van der Waals surface area contributed by atoms with E-state index in [-0.39, 0.29) is 12.1 Å². The lowest BCUT2D eigenvalue weighted by Crippen LogP contribution is -2.27. The van der Waals surface area contributed by atoms with E-state index in [1.165, 1.54) is 12.4 Å². The van der Waals surface area contributed by atoms with E-state index in [1.807, 2.05) is 0 Å². The van der Waals surface area contributed by atoms with E-state index in [9.17, 15) is 4.79 Å². The third-order valence-corrected chi connectivity index (χ3v) is 2.56. The molecule has 1 aliphatic rings. The Bertz CT molecular complexity index is 450. The molecule has 1 atom stereocenters. The molecule has 1 unspecified atom stereocenters. The number of hydrogen-bond donors (Lipinski definition) is 2. The summed E-state index contributed by atoms with van der Waals surface area (Å²) >= 11 is 0. The van der Waals surface area contributed by atoms with Crippen LogP contribution in [0.2, 0.25) is 0 Å². The summed E-state index contributed by atoms with van der Waals surface area (Å²) in [5.74, 6) is 0.782. The van der Waals surface area contributed by atoms with Crippen LogP contribution in [0.5, 0.6) is 5.75 Å². The summed E-state index contributed by atoms with van der Waals surface area (Å²) in [6.45, 7) is 7.17. The topological polar surface area (TPSA) is 85.4 Å². The molecule has 1 saturated heterocycles. The monoisotopic (exact) mass is 280 g/mol. The summed E-state index contributed by atoms with van der Waals surface area (Å²) in [6.07, 6.45) is 3.63. The van der Waals surface area contributed by atoms with Crippen molar-refractivity contribution in [3.05, 3.63) is 12.4 Å². The summed E-state index contributed by atoms with van der Waals surface area (Å²) in [5, 5.41) is 5.68. The quantitative estimate of drug-likeness (QED) is 0.874. The van der Waals surface area contributed by atoms with Crippen LogP contribution in [0, 0.1) is 0 Å². The molecule has 1 fully saturated rings. The summed E-state index contributed by atoms with van der Waals surface area (Å²) in [5.41, 5.74) is -0.553. The molecule has 1 amide bonds. The number of aromatic nitrogens is 2. The zero-order chi connectivity index (χ0) is 14.6. The number of rotatable bonds is 3. The number of carbonyl (C=O) groups is 1. The summed E-state index contributed by atoms with van der Waals surface area (Å²) in [6, 6.07) is 0. The molecular formula is C13H20N4O3. The van der Waals surface area contributed by atoms with Gasteiger partial charge in [0.15, 0.2) is 5.75 Å². The van der Waals surface area contributed by atoms with E-state index in [0.717, 1.165) is 19.5 Å². The lowest BCUT2D eigenvalue weighted by molar-refractivity contribution is 0.0634. The molecule has 1 aromatic heterocycles. The highest BCUT2D eigenvalue weighted by molar-refractivity contribution is 5.82. The molecule has 2 heterocycles. The number of nitrogens with zero attached hydrogens (tertiary/aromatic N) is 2. The molecule has 2 rings (SSSR count). The summed E-state index contributed by atoms with van der Waals surface area (Å²) in [4.78, 5) is 19.6. The van der Waals surface area contributed by atoms with Crippen molar-refractivity contribution in [2.75, 3.05) is 18.4 Å². The molecule has 0 bridgehead atoms. The zero-order valence-corrected chi connectivity index (χ0v) is 12.0. The third-order valence-electron chi connectivity index (χ3n) is 2.56. The van der Waals surface area contributed by atoms with E-state index in [4.69, 9.17) is 9.47 Å². The van der Waals surface area contributed by atoms with Crippen LogP contribution in [0.15, 0.2) is 12.4 Å². The highest BCUT2D eigenvalue weighted by atomic mass is 16.6. The van der Waals surface area contributed by atoms with Gasteiger partial charge < -0.3 is 14.8 Å². The van der Waals surface area contributed by atoms with E-state index in [1.54, 1.807) is 20.8 Å². The Kier molecular flexibility index (Phi) is 4.39. The van der Waals surface area contributed by atoms with E-state index in [0.29, 0.717) is 5.75 Å². The number of nitrogens with one attached hydrogen (secondary N) is 2. The van der Waals surface area contributed by atoms with Gasteiger partial charge >= 0.3 is 6.09 Å². The summed E-state index contributed by atoms with van der Waals surface area (Å²) < 4.78 is 10.8. The number of hydrogen-bond acceptors (Lipinski definition) is 6. The van der Waals surface area contributed by atoms with Gasteiger partial charge in [0.05, 0.1) is 12.4 Å². The second kappa shape index (κ2) is 6.04. The first-order valence-corrected chi connectivity index (χ1v) is 6.62. The molecule has 7 nitrogen and oxygen atoms in total. The van der Waals surface area contributed by atoms with Crippen LogP contribution in [0.4, 0.5) is 10.7 Å². The molecule has 2 N–H and O–H groups in total. The van der Waals surface area contributed by atoms with Crippen LogP contribution in [0.1, 0.15) is 27.2 Å². The van der Waals surface area contributed by atoms with Crippen molar-refractivity contribution in [2.24, 2.45) is 0 Å². The third kappa shape index (κ3) is 4.65. The van der Waals surface area contributed by atoms with Crippen LogP contribution in [-0.4, -0.2) is 40.9 Å². The van der Waals surface area contributed by atoms with Gasteiger partial charge in [-0.2, -0.15) is 0 Å². The molecule has 0 spiro atoms. The predicted octanol–water partition coefficient (Wildman–Crippen LogP) is 1.56. The number of ether oxygens (including phenoxy) is 2. The maximum atomic E-state index is 11.5. The average Bonchev–Trinajstić information content (AvgIpc) is 2.82. The van der Waals surface area contributed by atoms with Crippen LogP contribution in [0.25, 0.3) is 0 Å². The van der Waals surface area contributed by atoms with E-state index < -0.39 is 11.7 Å². The highest BCUT2D eigenvalue weighted by Gasteiger charge is 2.18. The number of anilines is 1. The van der Waals surface area contributed by atoms with Crippen molar-refractivity contribution < 1.29 is 14.3 Å². The van der Waals surface area contributed by atoms with Gasteiger partial charge in [-0.1, -0.05) is 0 Å². The lowest BCUT2D eigenvalue weighted by Gasteiger charge is -2.19. The molecule has 0 aromatic carbocycles. The van der Waals surface area contributed by atoms with Gasteiger partial charge in [0, 0.05) is 6.54 Å². The minimum absolute atomic E-state index is 0.156. The maximum absolute atomic E-state index is 11.5. The van der Waals surface area contributed by atoms with Crippen molar-refractivity contribution in [2.45, 2.75) is 38.9 Å². The van der Waals surface area contributed by atoms with Gasteiger partial charge in [-0.05, 0) is 33.7 Å². The first-order valence-electron chi connectivity index (χ1n) is 6.62. The summed E-state index contributed by atoms with van der Waals surface area (Å²) in [7, 11) is 0. The minimum atomic E-state index is -0.578. The van der Waals surface area contributed by atoms with Crippen LogP contribution < -0.4 is 15.4 Å². The van der Waals surface area contributed by atoms with Crippen LogP contribution in [-0.2, 0) is 4.74 Å². The van der Waals surface area contributed by atoms with Crippen molar-refractivity contribution in [1.82, 2.24) is 15.3 Å². The Hall–Kier alpha value is -1.89. The Labute approximate surface area is 118 Å². The van der Waals surface area contributed by atoms with Gasteiger partial charge in [-0.25, -0.2) is 14.8 Å². The molecular weight excluding hydrogens is 260 g/mol. The standard InChI is InChI=1S/C13H20N4O3/c1-13(2,3)20-12(18)17-11-15-7-10(8-16-11)19-9-4-5-14-6-9/h7-9,14H,4-6H2,1-3H3,(H,15,16,17,18). The first-order chi connectivity index (χ1) is 9.42. The molecule has 20 heavy (non-hydrogen) atoms. The molecule has 7 heteroatoms. The van der Waals surface area contributed by atoms with Crippen molar-refractivity contribution in [3.63, 3.8) is 0 Å². The number of amides is 1. The Morgan fingerprint density at radius 3 is 2.65 bits per heavy atom. The molecule has 110 valence electrons. The van der Waals surface area contributed by atoms with E-state index in [2.05, 4.69) is 20.6 Å². The molecule has 0 aliphatic carbocycles. The predicted molar refractivity (Wildman–Crippen MR) is 73.8 cm³/mol. The Morgan fingerprint density at radius 1 is 1.40 bits per heavy atom. The molecule has 1 aliphatic heterocycles. The second-order valence-corrected chi connectivity index (χ2v) is 5.60. The Balaban J connectivity index is 1.86. The smallest absolute Gasteiger partial charge is 0.414 e. The normalized spacial score (nSPS) is 18.6. The second-order valence-electron chi connectivity index (χ2n) is 5.60. The number of carbonyl (C=O) groups excluding carboxylic acids is 1. The van der Waals surface area contributed by atoms with Gasteiger partial charge in [0.25, 0.3) is 0 Å². The Morgan fingerprint density at radius 2 is 2.10 bits per heavy atom. The fourth-order valence-electron chi connectivity index (χ4n) is 1.76. The molecule has 0 radical (unpaired) electrons. The lowest BCUT2D eigenvalue weighted by atomic mass is 10.2. The first kappa shape index (κ1) is 14.5. The highest BCUT2D eigenvalue weighted by Crippen LogP contribution is 2.14. The minimum Gasteiger partial charge on any atom is -0.486 e. The van der Waals surface area contributed by atoms with Crippen molar-refractivity contribution in [1.29, 1.82) is 0 Å². The van der Waals surface area contributed by atoms with Gasteiger partial charge in [0.2, 0.25) is 5.95 Å². The van der Waals surface area contributed by atoms with Gasteiger partial charge in [-0.15, -0.1) is 0 Å².